The summed E-state index contributed by atoms with van der Waals surface area (Å²) in [6, 6.07) is 13.6. The van der Waals surface area contributed by atoms with Crippen molar-refractivity contribution in [3.63, 3.8) is 0 Å². The SMILES string of the molecule is O=C(c1ccc(NSc2cccc3scnc23)cc1)N1CCC(O)(c2sncc2Cl)CC1. The number of hydrogen-bond donors (Lipinski definition) is 2. The molecular weight excluding hydrogens is 484 g/mol. The molecule has 1 fully saturated rings. The van der Waals surface area contributed by atoms with Gasteiger partial charge in [-0.25, -0.2) is 4.98 Å². The van der Waals surface area contributed by atoms with Crippen molar-refractivity contribution in [1.29, 1.82) is 0 Å². The van der Waals surface area contributed by atoms with Crippen molar-refractivity contribution in [3.05, 3.63) is 69.6 Å². The predicted octanol–water partition coefficient (Wildman–Crippen LogP) is 5.65. The summed E-state index contributed by atoms with van der Waals surface area (Å²) in [5.41, 5.74) is 3.37. The van der Waals surface area contributed by atoms with Crippen LogP contribution in [0.4, 0.5) is 5.69 Å². The van der Waals surface area contributed by atoms with Crippen LogP contribution in [0.15, 0.2) is 59.1 Å². The van der Waals surface area contributed by atoms with E-state index in [1.54, 1.807) is 22.4 Å². The molecule has 2 N–H and O–H groups in total. The Bertz CT molecular complexity index is 1250. The number of piperidine rings is 1. The molecule has 0 aliphatic carbocycles. The molecule has 1 amide bonds. The van der Waals surface area contributed by atoms with E-state index in [-0.39, 0.29) is 5.91 Å². The maximum absolute atomic E-state index is 12.9. The van der Waals surface area contributed by atoms with E-state index in [4.69, 9.17) is 11.6 Å². The molecule has 0 radical (unpaired) electrons. The van der Waals surface area contributed by atoms with Crippen LogP contribution in [0.2, 0.25) is 5.02 Å². The topological polar surface area (TPSA) is 78.4 Å². The molecule has 2 aromatic heterocycles. The lowest BCUT2D eigenvalue weighted by atomic mass is 9.89. The highest BCUT2D eigenvalue weighted by molar-refractivity contribution is 8.00. The first-order chi connectivity index (χ1) is 15.5. The van der Waals surface area contributed by atoms with Crippen molar-refractivity contribution in [3.8, 4) is 0 Å². The molecule has 32 heavy (non-hydrogen) atoms. The van der Waals surface area contributed by atoms with Gasteiger partial charge in [0, 0.05) is 24.3 Å². The Morgan fingerprint density at radius 1 is 1.19 bits per heavy atom. The Morgan fingerprint density at radius 3 is 2.69 bits per heavy atom. The van der Waals surface area contributed by atoms with Crippen molar-refractivity contribution in [2.24, 2.45) is 0 Å². The Labute approximate surface area is 202 Å². The lowest BCUT2D eigenvalue weighted by Gasteiger charge is -2.37. The Hall–Kier alpha value is -2.17. The number of carbonyl (C=O) groups is 1. The van der Waals surface area contributed by atoms with E-state index < -0.39 is 5.60 Å². The molecule has 164 valence electrons. The van der Waals surface area contributed by atoms with Crippen LogP contribution < -0.4 is 4.72 Å². The van der Waals surface area contributed by atoms with Crippen LogP contribution in [0.25, 0.3) is 10.2 Å². The van der Waals surface area contributed by atoms with E-state index in [9.17, 15) is 9.90 Å². The summed E-state index contributed by atoms with van der Waals surface area (Å²) >= 11 is 10.5. The number of aromatic nitrogens is 2. The number of fused-ring (bicyclic) bond motifs is 1. The number of anilines is 1. The smallest absolute Gasteiger partial charge is 0.253 e. The zero-order valence-corrected chi connectivity index (χ0v) is 20.0. The second-order valence-electron chi connectivity index (χ2n) is 7.56. The molecule has 2 aromatic carbocycles. The molecule has 10 heteroatoms. The van der Waals surface area contributed by atoms with Crippen LogP contribution in [-0.4, -0.2) is 38.4 Å². The Kier molecular flexibility index (Phi) is 6.09. The number of thiazole rings is 1. The molecule has 0 bridgehead atoms. The van der Waals surface area contributed by atoms with Crippen molar-refractivity contribution in [2.45, 2.75) is 23.3 Å². The van der Waals surface area contributed by atoms with Gasteiger partial charge >= 0.3 is 0 Å². The lowest BCUT2D eigenvalue weighted by molar-refractivity contribution is -0.0182. The van der Waals surface area contributed by atoms with E-state index in [1.807, 2.05) is 41.9 Å². The summed E-state index contributed by atoms with van der Waals surface area (Å²) in [6.07, 6.45) is 2.44. The molecule has 0 unspecified atom stereocenters. The number of halogens is 1. The third kappa shape index (κ3) is 4.23. The molecule has 1 aliphatic heterocycles. The molecule has 0 atom stereocenters. The number of para-hydroxylation sites is 1. The fourth-order valence-corrected chi connectivity index (χ4v) is 6.46. The van der Waals surface area contributed by atoms with Crippen molar-refractivity contribution in [2.75, 3.05) is 17.8 Å². The first kappa shape index (κ1) is 21.7. The van der Waals surface area contributed by atoms with Crippen LogP contribution in [0, 0.1) is 0 Å². The van der Waals surface area contributed by atoms with E-state index in [0.717, 1.165) is 20.8 Å². The third-order valence-electron chi connectivity index (χ3n) is 5.56. The molecule has 0 spiro atoms. The first-order valence-electron chi connectivity index (χ1n) is 10.0. The molecular formula is C22H19ClN4O2S3. The van der Waals surface area contributed by atoms with Crippen LogP contribution in [0.1, 0.15) is 28.1 Å². The summed E-state index contributed by atoms with van der Waals surface area (Å²) in [5.74, 6) is -0.0334. The fourth-order valence-electron chi connectivity index (χ4n) is 3.76. The number of nitrogens with one attached hydrogen (secondary N) is 1. The first-order valence-corrected chi connectivity index (χ1v) is 12.9. The minimum absolute atomic E-state index is 0.0334. The summed E-state index contributed by atoms with van der Waals surface area (Å²) in [5, 5.41) is 11.4. The highest BCUT2D eigenvalue weighted by Crippen LogP contribution is 2.39. The van der Waals surface area contributed by atoms with Gasteiger partial charge in [0.05, 0.1) is 36.7 Å². The maximum Gasteiger partial charge on any atom is 0.253 e. The van der Waals surface area contributed by atoms with Gasteiger partial charge in [0.2, 0.25) is 0 Å². The third-order valence-corrected chi connectivity index (χ3v) is 8.63. The lowest BCUT2D eigenvalue weighted by Crippen LogP contribution is -2.45. The number of benzene rings is 2. The highest BCUT2D eigenvalue weighted by Gasteiger charge is 2.38. The minimum atomic E-state index is -1.01. The number of rotatable bonds is 5. The number of carbonyl (C=O) groups excluding carboxylic acids is 1. The maximum atomic E-state index is 12.9. The molecule has 1 aliphatic rings. The highest BCUT2D eigenvalue weighted by atomic mass is 35.5. The molecule has 4 aromatic rings. The van der Waals surface area contributed by atoms with E-state index >= 15 is 0 Å². The summed E-state index contributed by atoms with van der Waals surface area (Å²) in [4.78, 5) is 20.9. The standard InChI is InChI=1S/C22H19ClN4O2S3/c23-16-12-25-32-20(16)22(29)8-10-27(11-9-22)21(28)14-4-6-15(7-5-14)26-31-18-3-1-2-17-19(18)24-13-30-17/h1-7,12-13,26,29H,8-11H2. The zero-order chi connectivity index (χ0) is 22.1. The average molecular weight is 503 g/mol. The van der Waals surface area contributed by atoms with Gasteiger partial charge in [0.15, 0.2) is 0 Å². The summed E-state index contributed by atoms with van der Waals surface area (Å²) < 4.78 is 8.54. The minimum Gasteiger partial charge on any atom is -0.384 e. The molecule has 0 saturated carbocycles. The van der Waals surface area contributed by atoms with Gasteiger partial charge in [0.1, 0.15) is 5.60 Å². The van der Waals surface area contributed by atoms with Crippen molar-refractivity contribution < 1.29 is 9.90 Å². The molecule has 3 heterocycles. The number of amides is 1. The monoisotopic (exact) mass is 502 g/mol. The predicted molar refractivity (Wildman–Crippen MR) is 132 cm³/mol. The fraction of sp³-hybridized carbons (Fsp3) is 0.227. The van der Waals surface area contributed by atoms with Crippen LogP contribution >= 0.6 is 46.4 Å². The number of likely N-dealkylation sites (tertiary alicyclic amines) is 1. The van der Waals surface area contributed by atoms with Crippen molar-refractivity contribution in [1.82, 2.24) is 14.3 Å². The molecule has 6 nitrogen and oxygen atoms in total. The van der Waals surface area contributed by atoms with Gasteiger partial charge in [-0.1, -0.05) is 17.7 Å². The van der Waals surface area contributed by atoms with Gasteiger partial charge in [-0.3, -0.25) is 4.79 Å². The summed E-state index contributed by atoms with van der Waals surface area (Å²) in [6.45, 7) is 0.939. The van der Waals surface area contributed by atoms with E-state index in [0.29, 0.717) is 41.4 Å². The van der Waals surface area contributed by atoms with Crippen LogP contribution in [0.5, 0.6) is 0 Å². The van der Waals surface area contributed by atoms with Crippen LogP contribution in [-0.2, 0) is 5.60 Å². The van der Waals surface area contributed by atoms with Gasteiger partial charge < -0.3 is 14.7 Å². The largest absolute Gasteiger partial charge is 0.384 e. The van der Waals surface area contributed by atoms with Gasteiger partial charge in [-0.05, 0) is 72.7 Å². The van der Waals surface area contributed by atoms with Gasteiger partial charge in [-0.15, -0.1) is 11.3 Å². The summed E-state index contributed by atoms with van der Waals surface area (Å²) in [7, 11) is 0. The van der Waals surface area contributed by atoms with Crippen molar-refractivity contribution >= 4 is 68.2 Å². The Balaban J connectivity index is 1.20. The second-order valence-corrected chi connectivity index (χ2v) is 10.5. The number of aliphatic hydroxyl groups is 1. The second kappa shape index (κ2) is 8.99. The molecule has 1 saturated heterocycles. The Morgan fingerprint density at radius 2 is 1.97 bits per heavy atom. The van der Waals surface area contributed by atoms with E-state index in [2.05, 4.69) is 20.1 Å². The van der Waals surface area contributed by atoms with E-state index in [1.165, 1.54) is 23.5 Å². The molecule has 5 rings (SSSR count). The number of hydrogen-bond acceptors (Lipinski definition) is 8. The quantitative estimate of drug-likeness (QED) is 0.343. The number of nitrogens with zero attached hydrogens (tertiary/aromatic N) is 3. The van der Waals surface area contributed by atoms with Gasteiger partial charge in [0.25, 0.3) is 5.91 Å². The zero-order valence-electron chi connectivity index (χ0n) is 16.8. The van der Waals surface area contributed by atoms with Crippen LogP contribution in [0.3, 0.4) is 0 Å². The normalized spacial score (nSPS) is 15.8. The van der Waals surface area contributed by atoms with Gasteiger partial charge in [-0.2, -0.15) is 4.37 Å². The average Bonchev–Trinajstić information content (AvgIpc) is 3.47.